The second-order valence-electron chi connectivity index (χ2n) is 5.20. The molecule has 0 spiro atoms. The summed E-state index contributed by atoms with van der Waals surface area (Å²) in [6.45, 7) is 2.61. The summed E-state index contributed by atoms with van der Waals surface area (Å²) in [5.41, 5.74) is 0.841. The third-order valence-electron chi connectivity index (χ3n) is 3.71. The van der Waals surface area contributed by atoms with Crippen LogP contribution in [0.25, 0.3) is 0 Å². The van der Waals surface area contributed by atoms with Crippen molar-refractivity contribution in [3.8, 4) is 0 Å². The molecule has 1 aromatic carbocycles. The van der Waals surface area contributed by atoms with E-state index in [1.165, 1.54) is 16.4 Å². The molecule has 116 valence electrons. The van der Waals surface area contributed by atoms with Gasteiger partial charge in [-0.25, -0.2) is 4.79 Å². The molecule has 21 heavy (non-hydrogen) atoms. The third kappa shape index (κ3) is 3.74. The summed E-state index contributed by atoms with van der Waals surface area (Å²) in [6.07, 6.45) is 3.79. The van der Waals surface area contributed by atoms with Gasteiger partial charge in [0, 0.05) is 13.1 Å². The number of aromatic carboxylic acids is 1. The second-order valence-corrected chi connectivity index (χ2v) is 6.87. The number of hydrogen-bond acceptors (Lipinski definition) is 3. The van der Waals surface area contributed by atoms with Crippen LogP contribution in [0.3, 0.4) is 0 Å². The summed E-state index contributed by atoms with van der Waals surface area (Å²) in [7, 11) is -3.63. The Balaban J connectivity index is 2.24. The minimum atomic E-state index is -3.63. The van der Waals surface area contributed by atoms with Gasteiger partial charge in [-0.2, -0.15) is 12.7 Å². The topological polar surface area (TPSA) is 86.7 Å². The maximum absolute atomic E-state index is 12.4. The van der Waals surface area contributed by atoms with Gasteiger partial charge < -0.3 is 5.11 Å². The largest absolute Gasteiger partial charge is 0.478 e. The first kappa shape index (κ1) is 15.8. The fraction of sp³-hybridized carbons (Fsp3) is 0.500. The third-order valence-corrected chi connectivity index (χ3v) is 5.23. The number of benzene rings is 1. The number of hydrogen-bond donors (Lipinski definition) is 2. The summed E-state index contributed by atoms with van der Waals surface area (Å²) < 4.78 is 28.8. The van der Waals surface area contributed by atoms with E-state index in [0.29, 0.717) is 24.3 Å². The highest BCUT2D eigenvalue weighted by atomic mass is 32.2. The highest BCUT2D eigenvalue weighted by Crippen LogP contribution is 2.22. The standard InChI is InChI=1S/C14H20N2O4S/c1-11-12(14(17)18)7-6-8-13(11)15-21(19,20)16-9-4-2-3-5-10-16/h6-8,15H,2-5,9-10H2,1H3,(H,17,18). The van der Waals surface area contributed by atoms with E-state index in [2.05, 4.69) is 4.72 Å². The number of carboxylic acids is 1. The zero-order valence-corrected chi connectivity index (χ0v) is 12.8. The average Bonchev–Trinajstić information content (AvgIpc) is 2.70. The molecular formula is C14H20N2O4S. The minimum Gasteiger partial charge on any atom is -0.478 e. The van der Waals surface area contributed by atoms with Crippen molar-refractivity contribution in [2.45, 2.75) is 32.6 Å². The molecular weight excluding hydrogens is 292 g/mol. The van der Waals surface area contributed by atoms with Crippen LogP contribution < -0.4 is 4.72 Å². The lowest BCUT2D eigenvalue weighted by atomic mass is 10.1. The van der Waals surface area contributed by atoms with E-state index in [1.807, 2.05) is 0 Å². The van der Waals surface area contributed by atoms with Gasteiger partial charge in [-0.05, 0) is 37.5 Å². The Bertz CT molecular complexity index is 620. The summed E-state index contributed by atoms with van der Waals surface area (Å²) >= 11 is 0. The monoisotopic (exact) mass is 312 g/mol. The van der Waals surface area contributed by atoms with Gasteiger partial charge in [0.15, 0.2) is 0 Å². The quantitative estimate of drug-likeness (QED) is 0.892. The number of anilines is 1. The highest BCUT2D eigenvalue weighted by Gasteiger charge is 2.24. The summed E-state index contributed by atoms with van der Waals surface area (Å²) in [5.74, 6) is -1.07. The molecule has 0 aliphatic carbocycles. The van der Waals surface area contributed by atoms with E-state index in [9.17, 15) is 13.2 Å². The molecule has 1 saturated heterocycles. The Hall–Kier alpha value is -1.60. The van der Waals surface area contributed by atoms with Gasteiger partial charge in [-0.1, -0.05) is 18.9 Å². The molecule has 0 amide bonds. The molecule has 0 unspecified atom stereocenters. The SMILES string of the molecule is Cc1c(NS(=O)(=O)N2CCCCCC2)cccc1C(=O)O. The first-order chi connectivity index (χ1) is 9.92. The molecule has 0 bridgehead atoms. The van der Waals surface area contributed by atoms with Crippen LogP contribution in [-0.4, -0.2) is 36.9 Å². The number of nitrogens with one attached hydrogen (secondary N) is 1. The first-order valence-corrected chi connectivity index (χ1v) is 8.46. The Kier molecular flexibility index (Phi) is 4.84. The fourth-order valence-corrected chi connectivity index (χ4v) is 3.83. The van der Waals surface area contributed by atoms with Crippen molar-refractivity contribution in [3.05, 3.63) is 29.3 Å². The predicted octanol–water partition coefficient (Wildman–Crippen LogP) is 2.23. The van der Waals surface area contributed by atoms with Crippen LogP contribution in [0, 0.1) is 6.92 Å². The van der Waals surface area contributed by atoms with Crippen LogP contribution >= 0.6 is 0 Å². The smallest absolute Gasteiger partial charge is 0.336 e. The van der Waals surface area contributed by atoms with E-state index in [0.717, 1.165) is 25.7 Å². The Labute approximate surface area is 125 Å². The van der Waals surface area contributed by atoms with Gasteiger partial charge in [0.05, 0.1) is 11.3 Å². The van der Waals surface area contributed by atoms with Crippen LogP contribution in [0.4, 0.5) is 5.69 Å². The molecule has 1 aliphatic heterocycles. The molecule has 7 heteroatoms. The second kappa shape index (κ2) is 6.44. The van der Waals surface area contributed by atoms with Gasteiger partial charge in [0.25, 0.3) is 0 Å². The Morgan fingerprint density at radius 3 is 2.38 bits per heavy atom. The van der Waals surface area contributed by atoms with Crippen LogP contribution in [-0.2, 0) is 10.2 Å². The molecule has 0 saturated carbocycles. The molecule has 1 aliphatic rings. The number of carbonyl (C=O) groups is 1. The minimum absolute atomic E-state index is 0.103. The van der Waals surface area contributed by atoms with Crippen molar-refractivity contribution in [1.29, 1.82) is 0 Å². The lowest BCUT2D eigenvalue weighted by Crippen LogP contribution is -2.36. The molecule has 1 aromatic rings. The zero-order chi connectivity index (χ0) is 15.5. The van der Waals surface area contributed by atoms with Crippen molar-refractivity contribution >= 4 is 21.9 Å². The predicted molar refractivity (Wildman–Crippen MR) is 80.7 cm³/mol. The van der Waals surface area contributed by atoms with Gasteiger partial charge in [-0.3, -0.25) is 4.72 Å². The maximum Gasteiger partial charge on any atom is 0.336 e. The molecule has 0 atom stereocenters. The van der Waals surface area contributed by atoms with Crippen LogP contribution in [0.5, 0.6) is 0 Å². The van der Waals surface area contributed by atoms with E-state index in [1.54, 1.807) is 13.0 Å². The Morgan fingerprint density at radius 1 is 1.19 bits per heavy atom. The van der Waals surface area contributed by atoms with Gasteiger partial charge in [0.2, 0.25) is 0 Å². The zero-order valence-electron chi connectivity index (χ0n) is 12.0. The molecule has 1 heterocycles. The molecule has 2 rings (SSSR count). The molecule has 2 N–H and O–H groups in total. The van der Waals surface area contributed by atoms with Crippen molar-refractivity contribution in [3.63, 3.8) is 0 Å². The lowest BCUT2D eigenvalue weighted by molar-refractivity contribution is 0.0696. The molecule has 0 radical (unpaired) electrons. The normalized spacial score (nSPS) is 17.2. The number of carboxylic acid groups (broad SMARTS) is 1. The maximum atomic E-state index is 12.4. The van der Waals surface area contributed by atoms with Crippen molar-refractivity contribution in [1.82, 2.24) is 4.31 Å². The van der Waals surface area contributed by atoms with Gasteiger partial charge >= 0.3 is 16.2 Å². The summed E-state index contributed by atoms with van der Waals surface area (Å²) in [6, 6.07) is 4.58. The van der Waals surface area contributed by atoms with Crippen LogP contribution in [0.2, 0.25) is 0 Å². The first-order valence-electron chi connectivity index (χ1n) is 7.02. The summed E-state index contributed by atoms with van der Waals surface area (Å²) in [4.78, 5) is 11.1. The Morgan fingerprint density at radius 2 is 1.81 bits per heavy atom. The average molecular weight is 312 g/mol. The van der Waals surface area contributed by atoms with E-state index >= 15 is 0 Å². The molecule has 6 nitrogen and oxygen atoms in total. The lowest BCUT2D eigenvalue weighted by Gasteiger charge is -2.21. The fourth-order valence-electron chi connectivity index (χ4n) is 2.46. The van der Waals surface area contributed by atoms with E-state index in [4.69, 9.17) is 5.11 Å². The molecule has 0 aromatic heterocycles. The molecule has 1 fully saturated rings. The van der Waals surface area contributed by atoms with Crippen molar-refractivity contribution in [2.24, 2.45) is 0 Å². The highest BCUT2D eigenvalue weighted by molar-refractivity contribution is 7.90. The van der Waals surface area contributed by atoms with Crippen molar-refractivity contribution in [2.75, 3.05) is 17.8 Å². The van der Waals surface area contributed by atoms with Crippen molar-refractivity contribution < 1.29 is 18.3 Å². The van der Waals surface area contributed by atoms with Crippen LogP contribution in [0.15, 0.2) is 18.2 Å². The van der Waals surface area contributed by atoms with Gasteiger partial charge in [-0.15, -0.1) is 0 Å². The van der Waals surface area contributed by atoms with E-state index < -0.39 is 16.2 Å². The van der Waals surface area contributed by atoms with E-state index in [-0.39, 0.29) is 5.56 Å². The number of rotatable bonds is 4. The van der Waals surface area contributed by atoms with Gasteiger partial charge in [0.1, 0.15) is 0 Å². The van der Waals surface area contributed by atoms with Crippen LogP contribution in [0.1, 0.15) is 41.6 Å². The summed E-state index contributed by atoms with van der Waals surface area (Å²) in [5, 5.41) is 9.09. The number of nitrogens with zero attached hydrogens (tertiary/aromatic N) is 1.